The fraction of sp³-hybridized carbons (Fsp3) is 0.200. The van der Waals surface area contributed by atoms with Crippen LogP contribution in [-0.4, -0.2) is 31.2 Å². The molecule has 0 unspecified atom stereocenters. The van der Waals surface area contributed by atoms with Crippen LogP contribution in [0.25, 0.3) is 0 Å². The van der Waals surface area contributed by atoms with Crippen molar-refractivity contribution in [2.24, 2.45) is 0 Å². The molecule has 0 aliphatic heterocycles. The molecule has 0 atom stereocenters. The van der Waals surface area contributed by atoms with Gasteiger partial charge in [0, 0.05) is 31.5 Å². The van der Waals surface area contributed by atoms with Crippen LogP contribution in [0.4, 0.5) is 28.7 Å². The van der Waals surface area contributed by atoms with E-state index in [4.69, 9.17) is 4.74 Å². The summed E-state index contributed by atoms with van der Waals surface area (Å²) < 4.78 is 5.38. The molecular formula is C20H23N5O. The average molecular weight is 349 g/mol. The van der Waals surface area contributed by atoms with Crippen LogP contribution in [0.2, 0.25) is 0 Å². The highest BCUT2D eigenvalue weighted by molar-refractivity contribution is 5.67. The lowest BCUT2D eigenvalue weighted by Crippen LogP contribution is -2.08. The molecule has 0 spiro atoms. The Bertz CT molecular complexity index is 878. The molecule has 6 nitrogen and oxygen atoms in total. The van der Waals surface area contributed by atoms with Crippen molar-refractivity contribution in [1.82, 2.24) is 9.97 Å². The molecule has 3 rings (SSSR count). The molecule has 0 amide bonds. The molecule has 0 fully saturated rings. The maximum atomic E-state index is 5.38. The summed E-state index contributed by atoms with van der Waals surface area (Å²) in [6.45, 7) is 1.87. The number of aryl methyl sites for hydroxylation is 1. The second-order valence-corrected chi connectivity index (χ2v) is 6.08. The third-order valence-electron chi connectivity index (χ3n) is 3.86. The Morgan fingerprint density at radius 3 is 2.19 bits per heavy atom. The van der Waals surface area contributed by atoms with Gasteiger partial charge in [-0.2, -0.15) is 0 Å². The van der Waals surface area contributed by atoms with Gasteiger partial charge in [-0.3, -0.25) is 0 Å². The highest BCUT2D eigenvalue weighted by Gasteiger charge is 2.06. The number of benzene rings is 2. The van der Waals surface area contributed by atoms with Crippen LogP contribution in [-0.2, 0) is 0 Å². The minimum Gasteiger partial charge on any atom is -0.495 e. The summed E-state index contributed by atoms with van der Waals surface area (Å²) in [7, 11) is 5.69. The number of anilines is 5. The standard InChI is InChI=1S/C20H23N5O/c1-14-21-19(23-15-9-11-16(12-10-15)25(2)3)13-20(22-14)24-17-7-5-6-8-18(17)26-4/h5-13H,1-4H3,(H2,21,22,23,24). The van der Waals surface area contributed by atoms with Crippen LogP contribution in [0.1, 0.15) is 5.82 Å². The zero-order chi connectivity index (χ0) is 18.5. The maximum absolute atomic E-state index is 5.38. The molecule has 0 aliphatic carbocycles. The molecule has 0 bridgehead atoms. The number of methoxy groups -OCH3 is 1. The third-order valence-corrected chi connectivity index (χ3v) is 3.86. The van der Waals surface area contributed by atoms with E-state index in [1.54, 1.807) is 7.11 Å². The second-order valence-electron chi connectivity index (χ2n) is 6.08. The lowest BCUT2D eigenvalue weighted by atomic mass is 10.2. The predicted octanol–water partition coefficient (Wildman–Crippen LogP) is 4.35. The van der Waals surface area contributed by atoms with E-state index in [1.165, 1.54) is 0 Å². The maximum Gasteiger partial charge on any atom is 0.142 e. The van der Waals surface area contributed by atoms with E-state index >= 15 is 0 Å². The van der Waals surface area contributed by atoms with Gasteiger partial charge in [-0.25, -0.2) is 9.97 Å². The molecule has 0 saturated heterocycles. The fourth-order valence-corrected chi connectivity index (χ4v) is 2.57. The summed E-state index contributed by atoms with van der Waals surface area (Å²) in [6, 6.07) is 17.8. The van der Waals surface area contributed by atoms with E-state index in [9.17, 15) is 0 Å². The molecule has 1 heterocycles. The Kier molecular flexibility index (Phi) is 5.22. The Hall–Kier alpha value is -3.28. The molecule has 1 aromatic heterocycles. The quantitative estimate of drug-likeness (QED) is 0.690. The fourth-order valence-electron chi connectivity index (χ4n) is 2.57. The van der Waals surface area contributed by atoms with Gasteiger partial charge in [0.25, 0.3) is 0 Å². The first-order valence-corrected chi connectivity index (χ1v) is 8.35. The van der Waals surface area contributed by atoms with Crippen molar-refractivity contribution in [1.29, 1.82) is 0 Å². The van der Waals surface area contributed by atoms with E-state index < -0.39 is 0 Å². The Labute approximate surface area is 153 Å². The monoisotopic (exact) mass is 349 g/mol. The third kappa shape index (κ3) is 4.22. The normalized spacial score (nSPS) is 10.3. The minimum absolute atomic E-state index is 0.678. The second kappa shape index (κ2) is 7.74. The van der Waals surface area contributed by atoms with E-state index in [0.717, 1.165) is 28.6 Å². The summed E-state index contributed by atoms with van der Waals surface area (Å²) in [5.41, 5.74) is 2.97. The van der Waals surface area contributed by atoms with Crippen LogP contribution < -0.4 is 20.3 Å². The van der Waals surface area contributed by atoms with Crippen LogP contribution in [0, 0.1) is 6.92 Å². The minimum atomic E-state index is 0.678. The summed E-state index contributed by atoms with van der Waals surface area (Å²) in [5.74, 6) is 2.87. The van der Waals surface area contributed by atoms with Crippen LogP contribution in [0.15, 0.2) is 54.6 Å². The topological polar surface area (TPSA) is 62.3 Å². The van der Waals surface area contributed by atoms with E-state index in [0.29, 0.717) is 11.6 Å². The van der Waals surface area contributed by atoms with Gasteiger partial charge in [-0.1, -0.05) is 12.1 Å². The Morgan fingerprint density at radius 1 is 0.885 bits per heavy atom. The van der Waals surface area contributed by atoms with Gasteiger partial charge in [0.15, 0.2) is 0 Å². The molecule has 3 aromatic rings. The molecule has 26 heavy (non-hydrogen) atoms. The van der Waals surface area contributed by atoms with Gasteiger partial charge in [0.2, 0.25) is 0 Å². The van der Waals surface area contributed by atoms with Gasteiger partial charge in [0.1, 0.15) is 23.2 Å². The number of ether oxygens (including phenoxy) is 1. The van der Waals surface area contributed by atoms with Gasteiger partial charge in [-0.05, 0) is 43.3 Å². The van der Waals surface area contributed by atoms with E-state index in [-0.39, 0.29) is 0 Å². The zero-order valence-electron chi connectivity index (χ0n) is 15.4. The van der Waals surface area contributed by atoms with Gasteiger partial charge in [0.05, 0.1) is 12.8 Å². The molecule has 0 aliphatic rings. The van der Waals surface area contributed by atoms with Gasteiger partial charge in [-0.15, -0.1) is 0 Å². The van der Waals surface area contributed by atoms with Crippen molar-refractivity contribution in [3.63, 3.8) is 0 Å². The van der Waals surface area contributed by atoms with Gasteiger partial charge >= 0.3 is 0 Å². The highest BCUT2D eigenvalue weighted by Crippen LogP contribution is 2.27. The van der Waals surface area contributed by atoms with Crippen molar-refractivity contribution >= 4 is 28.7 Å². The molecular weight excluding hydrogens is 326 g/mol. The number of hydrogen-bond acceptors (Lipinski definition) is 6. The van der Waals surface area contributed by atoms with Crippen molar-refractivity contribution in [2.45, 2.75) is 6.92 Å². The number of para-hydroxylation sites is 2. The lowest BCUT2D eigenvalue weighted by molar-refractivity contribution is 0.417. The van der Waals surface area contributed by atoms with Crippen LogP contribution >= 0.6 is 0 Å². The summed E-state index contributed by atoms with van der Waals surface area (Å²) >= 11 is 0. The molecule has 2 N–H and O–H groups in total. The zero-order valence-corrected chi connectivity index (χ0v) is 15.4. The SMILES string of the molecule is COc1ccccc1Nc1cc(Nc2ccc(N(C)C)cc2)nc(C)n1. The molecule has 134 valence electrons. The van der Waals surface area contributed by atoms with Crippen molar-refractivity contribution in [2.75, 3.05) is 36.7 Å². The average Bonchev–Trinajstić information content (AvgIpc) is 2.62. The number of hydrogen-bond donors (Lipinski definition) is 2. The number of nitrogens with one attached hydrogen (secondary N) is 2. The van der Waals surface area contributed by atoms with E-state index in [1.807, 2.05) is 63.5 Å². The number of nitrogens with zero attached hydrogens (tertiary/aromatic N) is 3. The summed E-state index contributed by atoms with van der Waals surface area (Å²) in [6.07, 6.45) is 0. The molecule has 6 heteroatoms. The molecule has 0 radical (unpaired) electrons. The summed E-state index contributed by atoms with van der Waals surface area (Å²) in [4.78, 5) is 11.0. The van der Waals surface area contributed by atoms with Crippen LogP contribution in [0.5, 0.6) is 5.75 Å². The molecule has 2 aromatic carbocycles. The molecule has 0 saturated carbocycles. The Morgan fingerprint density at radius 2 is 1.54 bits per heavy atom. The summed E-state index contributed by atoms with van der Waals surface area (Å²) in [5, 5.41) is 6.62. The lowest BCUT2D eigenvalue weighted by Gasteiger charge is -2.14. The largest absolute Gasteiger partial charge is 0.495 e. The van der Waals surface area contributed by atoms with Crippen molar-refractivity contribution < 1.29 is 4.74 Å². The van der Waals surface area contributed by atoms with Crippen molar-refractivity contribution in [3.8, 4) is 5.75 Å². The predicted molar refractivity (Wildman–Crippen MR) is 107 cm³/mol. The Balaban J connectivity index is 1.81. The van der Waals surface area contributed by atoms with Gasteiger partial charge < -0.3 is 20.3 Å². The van der Waals surface area contributed by atoms with Crippen LogP contribution in [0.3, 0.4) is 0 Å². The van der Waals surface area contributed by atoms with Crippen molar-refractivity contribution in [3.05, 3.63) is 60.4 Å². The first-order chi connectivity index (χ1) is 12.5. The smallest absolute Gasteiger partial charge is 0.142 e. The highest BCUT2D eigenvalue weighted by atomic mass is 16.5. The number of rotatable bonds is 6. The number of aromatic nitrogens is 2. The first kappa shape index (κ1) is 17.5. The first-order valence-electron chi connectivity index (χ1n) is 8.35. The van der Waals surface area contributed by atoms with E-state index in [2.05, 4.69) is 37.6 Å².